The first-order chi connectivity index (χ1) is 12.7. The second-order valence-electron chi connectivity index (χ2n) is 5.95. The summed E-state index contributed by atoms with van der Waals surface area (Å²) in [5.41, 5.74) is 1.78. The molecule has 146 valence electrons. The number of amides is 1. The lowest BCUT2D eigenvalue weighted by molar-refractivity contribution is -0.114. The fourth-order valence-corrected chi connectivity index (χ4v) is 3.38. The Morgan fingerprint density at radius 3 is 2.56 bits per heavy atom. The molecule has 0 aromatic heterocycles. The average molecular weight is 392 g/mol. The number of nitrogens with one attached hydrogen (secondary N) is 1. The minimum absolute atomic E-state index is 0.356. The van der Waals surface area contributed by atoms with Gasteiger partial charge in [0.05, 0.1) is 31.3 Å². The van der Waals surface area contributed by atoms with E-state index in [0.29, 0.717) is 29.5 Å². The highest BCUT2D eigenvalue weighted by atomic mass is 32.2. The summed E-state index contributed by atoms with van der Waals surface area (Å²) >= 11 is 0. The molecule has 0 radical (unpaired) electrons. The van der Waals surface area contributed by atoms with Crippen molar-refractivity contribution in [2.24, 2.45) is 0 Å². The van der Waals surface area contributed by atoms with Crippen LogP contribution in [-0.2, 0) is 14.8 Å². The molecule has 27 heavy (non-hydrogen) atoms. The van der Waals surface area contributed by atoms with Crippen LogP contribution in [0.1, 0.15) is 12.5 Å². The van der Waals surface area contributed by atoms with Crippen molar-refractivity contribution in [3.8, 4) is 11.5 Å². The van der Waals surface area contributed by atoms with Gasteiger partial charge < -0.3 is 14.8 Å². The molecule has 0 heterocycles. The fraction of sp³-hybridized carbons (Fsp3) is 0.316. The van der Waals surface area contributed by atoms with Crippen LogP contribution in [0, 0.1) is 6.92 Å². The van der Waals surface area contributed by atoms with Crippen LogP contribution in [-0.4, -0.2) is 40.8 Å². The Labute approximate surface area is 160 Å². The predicted octanol–water partition coefficient (Wildman–Crippen LogP) is 2.81. The first-order valence-corrected chi connectivity index (χ1v) is 10.2. The number of ether oxygens (including phenoxy) is 2. The van der Waals surface area contributed by atoms with Crippen LogP contribution in [0.15, 0.2) is 42.5 Å². The molecule has 0 fully saturated rings. The molecule has 0 unspecified atom stereocenters. The van der Waals surface area contributed by atoms with Crippen molar-refractivity contribution in [2.75, 3.05) is 36.1 Å². The molecular weight excluding hydrogens is 368 g/mol. The van der Waals surface area contributed by atoms with Crippen molar-refractivity contribution >= 4 is 27.3 Å². The van der Waals surface area contributed by atoms with Gasteiger partial charge in [0.25, 0.3) is 0 Å². The number of methoxy groups -OCH3 is 1. The lowest BCUT2D eigenvalue weighted by Gasteiger charge is -2.22. The van der Waals surface area contributed by atoms with E-state index < -0.39 is 15.9 Å². The van der Waals surface area contributed by atoms with Gasteiger partial charge in [-0.15, -0.1) is 0 Å². The van der Waals surface area contributed by atoms with Gasteiger partial charge in [0.2, 0.25) is 15.9 Å². The zero-order chi connectivity index (χ0) is 20.0. The second-order valence-corrected chi connectivity index (χ2v) is 7.86. The largest absolute Gasteiger partial charge is 0.495 e. The first-order valence-electron chi connectivity index (χ1n) is 8.39. The van der Waals surface area contributed by atoms with E-state index in [1.165, 1.54) is 7.11 Å². The summed E-state index contributed by atoms with van der Waals surface area (Å²) < 4.78 is 36.2. The molecule has 7 nitrogen and oxygen atoms in total. The molecule has 0 saturated heterocycles. The van der Waals surface area contributed by atoms with Crippen molar-refractivity contribution in [2.45, 2.75) is 13.8 Å². The minimum Gasteiger partial charge on any atom is -0.495 e. The summed E-state index contributed by atoms with van der Waals surface area (Å²) in [5, 5.41) is 2.71. The maximum atomic E-state index is 12.5. The summed E-state index contributed by atoms with van der Waals surface area (Å²) in [7, 11) is -2.17. The molecule has 0 aliphatic rings. The van der Waals surface area contributed by atoms with Gasteiger partial charge >= 0.3 is 0 Å². The number of carbonyl (C=O) groups excluding carboxylic acids is 1. The minimum atomic E-state index is -3.68. The van der Waals surface area contributed by atoms with E-state index in [9.17, 15) is 13.2 Å². The Morgan fingerprint density at radius 2 is 1.93 bits per heavy atom. The molecule has 0 atom stereocenters. The molecule has 0 saturated carbocycles. The number of rotatable bonds is 8. The third-order valence-electron chi connectivity index (χ3n) is 3.73. The summed E-state index contributed by atoms with van der Waals surface area (Å²) in [4.78, 5) is 12.5. The molecule has 2 aromatic rings. The maximum Gasteiger partial charge on any atom is 0.245 e. The Bertz CT molecular complexity index is 912. The normalized spacial score (nSPS) is 11.0. The Balaban J connectivity index is 2.26. The number of anilines is 2. The van der Waals surface area contributed by atoms with Crippen molar-refractivity contribution < 1.29 is 22.7 Å². The van der Waals surface area contributed by atoms with Crippen LogP contribution < -0.4 is 19.1 Å². The second kappa shape index (κ2) is 8.77. The topological polar surface area (TPSA) is 84.9 Å². The number of hydrogen-bond donors (Lipinski definition) is 1. The van der Waals surface area contributed by atoms with Crippen LogP contribution in [0.2, 0.25) is 0 Å². The standard InChI is InChI=1S/C19H24N2O5S/c1-5-26-16-8-6-7-15(12-16)21(27(4,23)24)13-19(22)20-17-11-14(2)9-10-18(17)25-3/h6-12H,5,13H2,1-4H3,(H,20,22). The van der Waals surface area contributed by atoms with Gasteiger partial charge in [0.1, 0.15) is 18.0 Å². The van der Waals surface area contributed by atoms with E-state index in [-0.39, 0.29) is 6.54 Å². The SMILES string of the molecule is CCOc1cccc(N(CC(=O)Nc2cc(C)ccc2OC)S(C)(=O)=O)c1. The zero-order valence-electron chi connectivity index (χ0n) is 15.9. The highest BCUT2D eigenvalue weighted by Crippen LogP contribution is 2.26. The van der Waals surface area contributed by atoms with E-state index in [4.69, 9.17) is 9.47 Å². The number of benzene rings is 2. The van der Waals surface area contributed by atoms with Crippen molar-refractivity contribution in [3.63, 3.8) is 0 Å². The molecule has 1 amide bonds. The number of hydrogen-bond acceptors (Lipinski definition) is 5. The molecule has 8 heteroatoms. The van der Waals surface area contributed by atoms with Crippen molar-refractivity contribution in [1.82, 2.24) is 0 Å². The zero-order valence-corrected chi connectivity index (χ0v) is 16.7. The van der Waals surface area contributed by atoms with Gasteiger partial charge in [0, 0.05) is 6.07 Å². The molecule has 2 aromatic carbocycles. The first kappa shape index (κ1) is 20.6. The smallest absolute Gasteiger partial charge is 0.245 e. The van der Waals surface area contributed by atoms with Crippen molar-refractivity contribution in [1.29, 1.82) is 0 Å². The average Bonchev–Trinajstić information content (AvgIpc) is 2.59. The van der Waals surface area contributed by atoms with Crippen LogP contribution in [0.4, 0.5) is 11.4 Å². The van der Waals surface area contributed by atoms with E-state index in [2.05, 4.69) is 5.32 Å². The molecule has 0 spiro atoms. The van der Waals surface area contributed by atoms with Crippen LogP contribution in [0.5, 0.6) is 11.5 Å². The maximum absolute atomic E-state index is 12.5. The number of sulfonamides is 1. The van der Waals surface area contributed by atoms with Crippen LogP contribution >= 0.6 is 0 Å². The lowest BCUT2D eigenvalue weighted by Crippen LogP contribution is -2.37. The lowest BCUT2D eigenvalue weighted by atomic mass is 10.2. The monoisotopic (exact) mass is 392 g/mol. The van der Waals surface area contributed by atoms with Crippen molar-refractivity contribution in [3.05, 3.63) is 48.0 Å². The van der Waals surface area contributed by atoms with Gasteiger partial charge in [-0.2, -0.15) is 0 Å². The Kier molecular flexibility index (Phi) is 6.68. The third kappa shape index (κ3) is 5.62. The van der Waals surface area contributed by atoms with Gasteiger partial charge in [0.15, 0.2) is 0 Å². The molecular formula is C19H24N2O5S. The number of nitrogens with zero attached hydrogens (tertiary/aromatic N) is 1. The fourth-order valence-electron chi connectivity index (χ4n) is 2.53. The summed E-state index contributed by atoms with van der Waals surface area (Å²) in [6.45, 7) is 3.81. The molecule has 2 rings (SSSR count). The van der Waals surface area contributed by atoms with Gasteiger partial charge in [-0.05, 0) is 43.7 Å². The molecule has 0 bridgehead atoms. The van der Waals surface area contributed by atoms with E-state index in [0.717, 1.165) is 16.1 Å². The summed E-state index contributed by atoms with van der Waals surface area (Å²) in [5.74, 6) is 0.550. The predicted molar refractivity (Wildman–Crippen MR) is 106 cm³/mol. The van der Waals surface area contributed by atoms with Gasteiger partial charge in [-0.25, -0.2) is 8.42 Å². The number of carbonyl (C=O) groups is 1. The van der Waals surface area contributed by atoms with Crippen LogP contribution in [0.3, 0.4) is 0 Å². The summed E-state index contributed by atoms with van der Waals surface area (Å²) in [6.07, 6.45) is 1.06. The van der Waals surface area contributed by atoms with E-state index >= 15 is 0 Å². The van der Waals surface area contributed by atoms with E-state index in [1.807, 2.05) is 19.9 Å². The molecule has 0 aliphatic heterocycles. The Hall–Kier alpha value is -2.74. The molecule has 0 aliphatic carbocycles. The van der Waals surface area contributed by atoms with Gasteiger partial charge in [-0.1, -0.05) is 12.1 Å². The highest BCUT2D eigenvalue weighted by molar-refractivity contribution is 7.92. The quantitative estimate of drug-likeness (QED) is 0.747. The van der Waals surface area contributed by atoms with E-state index in [1.54, 1.807) is 36.4 Å². The van der Waals surface area contributed by atoms with Crippen LogP contribution in [0.25, 0.3) is 0 Å². The highest BCUT2D eigenvalue weighted by Gasteiger charge is 2.22. The summed E-state index contributed by atoms with van der Waals surface area (Å²) in [6, 6.07) is 12.0. The number of aryl methyl sites for hydroxylation is 1. The Morgan fingerprint density at radius 1 is 1.19 bits per heavy atom. The third-order valence-corrected chi connectivity index (χ3v) is 4.87. The van der Waals surface area contributed by atoms with Gasteiger partial charge in [-0.3, -0.25) is 9.10 Å². The molecule has 1 N–H and O–H groups in total.